The van der Waals surface area contributed by atoms with E-state index in [1.807, 2.05) is 12.1 Å². The van der Waals surface area contributed by atoms with Gasteiger partial charge in [0.15, 0.2) is 0 Å². The van der Waals surface area contributed by atoms with Crippen LogP contribution in [0.5, 0.6) is 5.75 Å². The van der Waals surface area contributed by atoms with Crippen LogP contribution < -0.4 is 9.46 Å². The van der Waals surface area contributed by atoms with Crippen molar-refractivity contribution in [2.45, 2.75) is 17.9 Å². The molecule has 3 rings (SSSR count). The second kappa shape index (κ2) is 6.46. The van der Waals surface area contributed by atoms with E-state index < -0.39 is 16.1 Å². The van der Waals surface area contributed by atoms with Crippen LogP contribution >= 0.6 is 0 Å². The van der Waals surface area contributed by atoms with Crippen molar-refractivity contribution in [2.75, 3.05) is 7.11 Å². The lowest BCUT2D eigenvalue weighted by atomic mass is 10.3. The molecule has 126 valence electrons. The highest BCUT2D eigenvalue weighted by atomic mass is 32.2. The van der Waals surface area contributed by atoms with Gasteiger partial charge in [-0.25, -0.2) is 22.8 Å². The van der Waals surface area contributed by atoms with E-state index in [4.69, 9.17) is 4.74 Å². The number of imidazole rings is 1. The van der Waals surface area contributed by atoms with Crippen LogP contribution in [-0.4, -0.2) is 35.3 Å². The summed E-state index contributed by atoms with van der Waals surface area (Å²) in [6.45, 7) is 1.71. The zero-order chi connectivity index (χ0) is 17.2. The summed E-state index contributed by atoms with van der Waals surface area (Å²) in [7, 11) is -2.18. The number of rotatable bonds is 6. The van der Waals surface area contributed by atoms with Crippen LogP contribution in [0.4, 0.5) is 0 Å². The van der Waals surface area contributed by atoms with Crippen molar-refractivity contribution in [1.82, 2.24) is 24.5 Å². The maximum absolute atomic E-state index is 12.5. The zero-order valence-corrected chi connectivity index (χ0v) is 14.0. The summed E-state index contributed by atoms with van der Waals surface area (Å²) in [5.41, 5.74) is 0.653. The largest absolute Gasteiger partial charge is 0.494 e. The lowest BCUT2D eigenvalue weighted by Gasteiger charge is -2.10. The van der Waals surface area contributed by atoms with Gasteiger partial charge >= 0.3 is 0 Å². The number of aromatic nitrogens is 4. The van der Waals surface area contributed by atoms with Gasteiger partial charge in [-0.2, -0.15) is 5.10 Å². The molecule has 0 saturated carbocycles. The Morgan fingerprint density at radius 2 is 2.12 bits per heavy atom. The van der Waals surface area contributed by atoms with Crippen molar-refractivity contribution in [3.8, 4) is 11.4 Å². The molecule has 2 aromatic heterocycles. The standard InChI is InChI=1S/C15H17N5O3S/c1-11(15-16-7-8-17-15)19-24(21,22)12-9-18-20(10-12)13-5-3-4-6-14(13)23-2/h3-11,19H,1-2H3,(H,16,17)/t11-/m0/s1. The minimum atomic E-state index is -3.73. The van der Waals surface area contributed by atoms with E-state index >= 15 is 0 Å². The molecule has 1 atom stereocenters. The number of nitrogens with zero attached hydrogens (tertiary/aromatic N) is 3. The summed E-state index contributed by atoms with van der Waals surface area (Å²) in [4.78, 5) is 6.99. The normalized spacial score (nSPS) is 12.9. The Hall–Kier alpha value is -2.65. The van der Waals surface area contributed by atoms with E-state index in [-0.39, 0.29) is 4.90 Å². The van der Waals surface area contributed by atoms with Crippen LogP contribution in [-0.2, 0) is 10.0 Å². The highest BCUT2D eigenvalue weighted by molar-refractivity contribution is 7.89. The number of benzene rings is 1. The first-order valence-electron chi connectivity index (χ1n) is 7.21. The van der Waals surface area contributed by atoms with Gasteiger partial charge in [0, 0.05) is 12.4 Å². The molecule has 1 aromatic carbocycles. The molecule has 0 bridgehead atoms. The van der Waals surface area contributed by atoms with Crippen LogP contribution in [0.25, 0.3) is 5.69 Å². The summed E-state index contributed by atoms with van der Waals surface area (Å²) in [5.74, 6) is 1.14. The van der Waals surface area contributed by atoms with E-state index in [9.17, 15) is 8.42 Å². The van der Waals surface area contributed by atoms with E-state index in [0.717, 1.165) is 0 Å². The number of ether oxygens (including phenoxy) is 1. The molecule has 3 aromatic rings. The number of hydrogen-bond acceptors (Lipinski definition) is 5. The fourth-order valence-electron chi connectivity index (χ4n) is 2.27. The molecule has 24 heavy (non-hydrogen) atoms. The average molecular weight is 347 g/mol. The van der Waals surface area contributed by atoms with Gasteiger partial charge in [-0.05, 0) is 19.1 Å². The minimum Gasteiger partial charge on any atom is -0.494 e. The predicted octanol–water partition coefficient (Wildman–Crippen LogP) is 1.64. The smallest absolute Gasteiger partial charge is 0.244 e. The zero-order valence-electron chi connectivity index (χ0n) is 13.2. The third-order valence-corrected chi connectivity index (χ3v) is 4.96. The molecule has 2 N–H and O–H groups in total. The van der Waals surface area contributed by atoms with Gasteiger partial charge in [0.25, 0.3) is 0 Å². The van der Waals surface area contributed by atoms with E-state index in [1.54, 1.807) is 38.6 Å². The molecule has 0 spiro atoms. The Kier molecular flexibility index (Phi) is 4.36. The van der Waals surface area contributed by atoms with Crippen LogP contribution in [0.15, 0.2) is 53.9 Å². The van der Waals surface area contributed by atoms with Crippen molar-refractivity contribution >= 4 is 10.0 Å². The van der Waals surface area contributed by atoms with E-state index in [1.165, 1.54) is 17.1 Å². The molecule has 2 heterocycles. The molecule has 0 amide bonds. The molecule has 0 saturated heterocycles. The van der Waals surface area contributed by atoms with Gasteiger partial charge in [-0.1, -0.05) is 12.1 Å². The lowest BCUT2D eigenvalue weighted by molar-refractivity contribution is 0.411. The first-order valence-corrected chi connectivity index (χ1v) is 8.69. The first-order chi connectivity index (χ1) is 11.5. The molecule has 8 nitrogen and oxygen atoms in total. The second-order valence-electron chi connectivity index (χ2n) is 5.11. The number of H-pyrrole nitrogens is 1. The number of sulfonamides is 1. The Labute approximate surface area is 139 Å². The SMILES string of the molecule is COc1ccccc1-n1cc(S(=O)(=O)N[C@@H](C)c2ncc[nH]2)cn1. The van der Waals surface area contributed by atoms with Crippen LogP contribution in [0, 0.1) is 0 Å². The lowest BCUT2D eigenvalue weighted by Crippen LogP contribution is -2.27. The number of nitrogens with one attached hydrogen (secondary N) is 2. The predicted molar refractivity (Wildman–Crippen MR) is 87.4 cm³/mol. The maximum Gasteiger partial charge on any atom is 0.244 e. The molecule has 0 fully saturated rings. The fraction of sp³-hybridized carbons (Fsp3) is 0.200. The van der Waals surface area contributed by atoms with Gasteiger partial charge in [-0.15, -0.1) is 0 Å². The molecule has 0 radical (unpaired) electrons. The van der Waals surface area contributed by atoms with E-state index in [0.29, 0.717) is 17.3 Å². The highest BCUT2D eigenvalue weighted by Gasteiger charge is 2.22. The topological polar surface area (TPSA) is 102 Å². The summed E-state index contributed by atoms with van der Waals surface area (Å²) < 4.78 is 34.3. The maximum atomic E-state index is 12.5. The summed E-state index contributed by atoms with van der Waals surface area (Å²) in [5, 5.41) is 4.13. The summed E-state index contributed by atoms with van der Waals surface area (Å²) in [6, 6.07) is 6.74. The second-order valence-corrected chi connectivity index (χ2v) is 6.82. The molecular weight excluding hydrogens is 330 g/mol. The highest BCUT2D eigenvalue weighted by Crippen LogP contribution is 2.23. The van der Waals surface area contributed by atoms with Crippen molar-refractivity contribution in [3.63, 3.8) is 0 Å². The summed E-state index contributed by atoms with van der Waals surface area (Å²) in [6.07, 6.45) is 5.94. The quantitative estimate of drug-likeness (QED) is 0.706. The Balaban J connectivity index is 1.87. The first kappa shape index (κ1) is 16.2. The Morgan fingerprint density at radius 1 is 1.33 bits per heavy atom. The molecular formula is C15H17N5O3S. The van der Waals surface area contributed by atoms with Gasteiger partial charge < -0.3 is 9.72 Å². The fourth-order valence-corrected chi connectivity index (χ4v) is 3.40. The van der Waals surface area contributed by atoms with Crippen molar-refractivity contribution in [1.29, 1.82) is 0 Å². The van der Waals surface area contributed by atoms with E-state index in [2.05, 4.69) is 19.8 Å². The number of hydrogen-bond donors (Lipinski definition) is 2. The Bertz CT molecular complexity index is 918. The van der Waals surface area contributed by atoms with Gasteiger partial charge in [-0.3, -0.25) is 0 Å². The molecule has 0 aliphatic heterocycles. The minimum absolute atomic E-state index is 0.0619. The molecule has 0 aliphatic carbocycles. The van der Waals surface area contributed by atoms with Crippen molar-refractivity contribution in [2.24, 2.45) is 0 Å². The molecule has 0 unspecified atom stereocenters. The van der Waals surface area contributed by atoms with Gasteiger partial charge in [0.1, 0.15) is 22.2 Å². The van der Waals surface area contributed by atoms with Crippen LogP contribution in [0.1, 0.15) is 18.8 Å². The van der Waals surface area contributed by atoms with Crippen molar-refractivity contribution in [3.05, 3.63) is 54.9 Å². The average Bonchev–Trinajstić information content (AvgIpc) is 3.26. The third kappa shape index (κ3) is 3.17. The molecule has 9 heteroatoms. The van der Waals surface area contributed by atoms with Crippen molar-refractivity contribution < 1.29 is 13.2 Å². The Morgan fingerprint density at radius 3 is 2.83 bits per heavy atom. The van der Waals surface area contributed by atoms with Gasteiger partial charge in [0.05, 0.1) is 25.5 Å². The molecule has 0 aliphatic rings. The number of methoxy groups -OCH3 is 1. The van der Waals surface area contributed by atoms with Crippen LogP contribution in [0.3, 0.4) is 0 Å². The third-order valence-electron chi connectivity index (χ3n) is 3.46. The number of aromatic amines is 1. The monoisotopic (exact) mass is 347 g/mol. The van der Waals surface area contributed by atoms with Crippen LogP contribution in [0.2, 0.25) is 0 Å². The van der Waals surface area contributed by atoms with Gasteiger partial charge in [0.2, 0.25) is 10.0 Å². The number of para-hydroxylation sites is 2. The summed E-state index contributed by atoms with van der Waals surface area (Å²) >= 11 is 0.